The Labute approximate surface area is 203 Å². The average molecular weight is 479 g/mol. The van der Waals surface area contributed by atoms with Gasteiger partial charge in [0.1, 0.15) is 11.6 Å². The predicted molar refractivity (Wildman–Crippen MR) is 133 cm³/mol. The van der Waals surface area contributed by atoms with Crippen molar-refractivity contribution >= 4 is 28.9 Å². The molecule has 182 valence electrons. The van der Waals surface area contributed by atoms with Gasteiger partial charge in [-0.15, -0.1) is 0 Å². The molecule has 0 aromatic heterocycles. The van der Waals surface area contributed by atoms with Gasteiger partial charge in [0.15, 0.2) is 0 Å². The smallest absolute Gasteiger partial charge is 0.254 e. The molecule has 1 fully saturated rings. The zero-order chi connectivity index (χ0) is 24.9. The summed E-state index contributed by atoms with van der Waals surface area (Å²) in [7, 11) is 0. The van der Waals surface area contributed by atoms with Crippen molar-refractivity contribution in [2.75, 3.05) is 29.4 Å². The van der Waals surface area contributed by atoms with E-state index in [0.29, 0.717) is 30.2 Å². The second-order valence-corrected chi connectivity index (χ2v) is 8.64. The van der Waals surface area contributed by atoms with E-state index in [9.17, 15) is 18.4 Å². The molecule has 0 unspecified atom stereocenters. The molecule has 8 heteroatoms. The Morgan fingerprint density at radius 1 is 1.00 bits per heavy atom. The third-order valence-corrected chi connectivity index (χ3v) is 6.18. The summed E-state index contributed by atoms with van der Waals surface area (Å²) in [6, 6.07) is 17.3. The minimum atomic E-state index is -0.703. The summed E-state index contributed by atoms with van der Waals surface area (Å²) in [6.07, 6.45) is 1.57. The topological polar surface area (TPSA) is 78.7 Å². The zero-order valence-electron chi connectivity index (χ0n) is 19.5. The Balaban J connectivity index is 1.69. The fourth-order valence-corrected chi connectivity index (χ4v) is 4.27. The molecule has 6 nitrogen and oxygen atoms in total. The van der Waals surface area contributed by atoms with Crippen LogP contribution in [-0.2, 0) is 4.79 Å². The highest BCUT2D eigenvalue weighted by Gasteiger charge is 2.27. The Hall–Kier alpha value is -3.78. The first kappa shape index (κ1) is 24.3. The predicted octanol–water partition coefficient (Wildman–Crippen LogP) is 4.30. The molecule has 0 aliphatic carbocycles. The lowest BCUT2D eigenvalue weighted by Gasteiger charge is -2.36. The highest BCUT2D eigenvalue weighted by atomic mass is 19.1. The standard InChI is InChI=1S/C27H28F2N4O2/c1-18-6-2-5-9-23(18)33(26(34)17-31-27(35)21-7-3-4-8-22(21)29)25-16-19(28)10-11-24(25)32-14-12-20(30)13-15-32/h2-11,16,20H,12-15,17,30H2,1H3,(H,31,35). The van der Waals surface area contributed by atoms with Crippen LogP contribution < -0.4 is 20.9 Å². The molecule has 0 bridgehead atoms. The average Bonchev–Trinajstić information content (AvgIpc) is 2.85. The first-order chi connectivity index (χ1) is 16.8. The molecular formula is C27H28F2N4O2. The summed E-state index contributed by atoms with van der Waals surface area (Å²) >= 11 is 0. The van der Waals surface area contributed by atoms with Crippen molar-refractivity contribution < 1.29 is 18.4 Å². The van der Waals surface area contributed by atoms with E-state index in [2.05, 4.69) is 10.2 Å². The lowest BCUT2D eigenvalue weighted by Crippen LogP contribution is -2.42. The van der Waals surface area contributed by atoms with Crippen molar-refractivity contribution in [3.8, 4) is 0 Å². The van der Waals surface area contributed by atoms with Crippen molar-refractivity contribution in [1.82, 2.24) is 5.32 Å². The van der Waals surface area contributed by atoms with Gasteiger partial charge in [0.2, 0.25) is 0 Å². The van der Waals surface area contributed by atoms with Gasteiger partial charge in [0.05, 0.1) is 29.2 Å². The molecule has 1 aliphatic heterocycles. The molecule has 1 saturated heterocycles. The van der Waals surface area contributed by atoms with Gasteiger partial charge in [-0.3, -0.25) is 14.5 Å². The zero-order valence-corrected chi connectivity index (χ0v) is 19.5. The van der Waals surface area contributed by atoms with Crippen molar-refractivity contribution in [3.05, 3.63) is 89.5 Å². The number of hydrogen-bond donors (Lipinski definition) is 2. The Morgan fingerprint density at radius 2 is 1.69 bits per heavy atom. The highest BCUT2D eigenvalue weighted by molar-refractivity contribution is 6.07. The Kier molecular flexibility index (Phi) is 7.41. The van der Waals surface area contributed by atoms with E-state index in [1.807, 2.05) is 19.1 Å². The highest BCUT2D eigenvalue weighted by Crippen LogP contribution is 2.37. The van der Waals surface area contributed by atoms with Crippen LogP contribution >= 0.6 is 0 Å². The second-order valence-electron chi connectivity index (χ2n) is 8.64. The summed E-state index contributed by atoms with van der Waals surface area (Å²) in [6.45, 7) is 2.81. The van der Waals surface area contributed by atoms with Gasteiger partial charge in [-0.25, -0.2) is 8.78 Å². The van der Waals surface area contributed by atoms with Crippen molar-refractivity contribution in [3.63, 3.8) is 0 Å². The van der Waals surface area contributed by atoms with Crippen LogP contribution in [0.5, 0.6) is 0 Å². The summed E-state index contributed by atoms with van der Waals surface area (Å²) < 4.78 is 28.5. The van der Waals surface area contributed by atoms with Crippen LogP contribution in [0.1, 0.15) is 28.8 Å². The molecule has 3 aromatic carbocycles. The number of rotatable bonds is 6. The van der Waals surface area contributed by atoms with E-state index in [4.69, 9.17) is 5.73 Å². The number of amides is 2. The molecule has 0 atom stereocenters. The molecule has 4 rings (SSSR count). The van der Waals surface area contributed by atoms with Crippen molar-refractivity contribution in [1.29, 1.82) is 0 Å². The number of para-hydroxylation sites is 1. The summed E-state index contributed by atoms with van der Waals surface area (Å²) in [5.41, 5.74) is 8.36. The Bertz CT molecular complexity index is 1230. The fraction of sp³-hybridized carbons (Fsp3) is 0.259. The van der Waals surface area contributed by atoms with Gasteiger partial charge in [0, 0.05) is 25.2 Å². The van der Waals surface area contributed by atoms with Crippen LogP contribution in [-0.4, -0.2) is 37.5 Å². The maximum Gasteiger partial charge on any atom is 0.254 e. The Morgan fingerprint density at radius 3 is 2.40 bits per heavy atom. The van der Waals surface area contributed by atoms with Gasteiger partial charge >= 0.3 is 0 Å². The van der Waals surface area contributed by atoms with Gasteiger partial charge in [-0.2, -0.15) is 0 Å². The normalized spacial score (nSPS) is 14.0. The molecule has 2 amide bonds. The maximum atomic E-state index is 14.5. The third-order valence-electron chi connectivity index (χ3n) is 6.18. The minimum absolute atomic E-state index is 0.109. The van der Waals surface area contributed by atoms with Crippen molar-refractivity contribution in [2.45, 2.75) is 25.8 Å². The first-order valence-electron chi connectivity index (χ1n) is 11.6. The number of nitrogens with two attached hydrogens (primary N) is 1. The molecule has 35 heavy (non-hydrogen) atoms. The van der Waals surface area contributed by atoms with Gasteiger partial charge in [-0.1, -0.05) is 30.3 Å². The number of benzene rings is 3. The molecule has 3 aromatic rings. The van der Waals surface area contributed by atoms with Crippen LogP contribution in [0.25, 0.3) is 0 Å². The third kappa shape index (κ3) is 5.49. The van der Waals surface area contributed by atoms with Gasteiger partial charge in [0.25, 0.3) is 11.8 Å². The second kappa shape index (κ2) is 10.7. The maximum absolute atomic E-state index is 14.5. The SMILES string of the molecule is Cc1ccccc1N(C(=O)CNC(=O)c1ccccc1F)c1cc(F)ccc1N1CCC(N)CC1. The molecule has 3 N–H and O–H groups in total. The van der Waals surface area contributed by atoms with Crippen molar-refractivity contribution in [2.24, 2.45) is 5.73 Å². The minimum Gasteiger partial charge on any atom is -0.370 e. The van der Waals surface area contributed by atoms with Gasteiger partial charge < -0.3 is 16.0 Å². The largest absolute Gasteiger partial charge is 0.370 e. The van der Waals surface area contributed by atoms with Crippen LogP contribution in [0.15, 0.2) is 66.7 Å². The number of nitrogens with zero attached hydrogens (tertiary/aromatic N) is 2. The lowest BCUT2D eigenvalue weighted by atomic mass is 10.0. The van der Waals surface area contributed by atoms with E-state index in [1.165, 1.54) is 35.2 Å². The number of nitrogens with one attached hydrogen (secondary N) is 1. The van der Waals surface area contributed by atoms with Gasteiger partial charge in [-0.05, 0) is 55.7 Å². The van der Waals surface area contributed by atoms with Crippen LogP contribution in [0.4, 0.5) is 25.8 Å². The van der Waals surface area contributed by atoms with Crippen LogP contribution in [0, 0.1) is 18.6 Å². The number of carbonyl (C=O) groups is 2. The summed E-state index contributed by atoms with van der Waals surface area (Å²) in [5, 5.41) is 2.50. The molecular weight excluding hydrogens is 450 g/mol. The summed E-state index contributed by atoms with van der Waals surface area (Å²) in [4.78, 5) is 29.6. The van der Waals surface area contributed by atoms with Crippen LogP contribution in [0.2, 0.25) is 0 Å². The number of carbonyl (C=O) groups excluding carboxylic acids is 2. The quantitative estimate of drug-likeness (QED) is 0.554. The van der Waals surface area contributed by atoms with E-state index in [1.54, 1.807) is 24.3 Å². The number of hydrogen-bond acceptors (Lipinski definition) is 4. The van der Waals surface area contributed by atoms with Crippen LogP contribution in [0.3, 0.4) is 0 Å². The number of aryl methyl sites for hydroxylation is 1. The summed E-state index contributed by atoms with van der Waals surface area (Å²) in [5.74, 6) is -2.35. The monoisotopic (exact) mass is 478 g/mol. The molecule has 1 heterocycles. The fourth-order valence-electron chi connectivity index (χ4n) is 4.27. The lowest BCUT2D eigenvalue weighted by molar-refractivity contribution is -0.117. The molecule has 1 aliphatic rings. The van der Waals surface area contributed by atoms with E-state index < -0.39 is 30.0 Å². The number of halogens is 2. The number of anilines is 3. The van der Waals surface area contributed by atoms with E-state index in [-0.39, 0.29) is 11.6 Å². The number of piperidine rings is 1. The molecule has 0 saturated carbocycles. The molecule has 0 spiro atoms. The van der Waals surface area contributed by atoms with E-state index in [0.717, 1.165) is 18.4 Å². The first-order valence-corrected chi connectivity index (χ1v) is 11.6. The molecule has 0 radical (unpaired) electrons. The van der Waals surface area contributed by atoms with E-state index >= 15 is 0 Å².